The fourth-order valence-electron chi connectivity index (χ4n) is 3.23. The van der Waals surface area contributed by atoms with Crippen LogP contribution in [0.15, 0.2) is 48.5 Å². The Bertz CT molecular complexity index is 813. The SMILES string of the molecule is COc1ccc(C(=O)CCC(=O)N2Cc3ccccc3C[C@H]2C=O)cc1. The summed E-state index contributed by atoms with van der Waals surface area (Å²) in [5.74, 6) is 0.415. The van der Waals surface area contributed by atoms with Gasteiger partial charge in [-0.25, -0.2) is 0 Å². The van der Waals surface area contributed by atoms with Crippen molar-refractivity contribution in [1.29, 1.82) is 0 Å². The van der Waals surface area contributed by atoms with Crippen LogP contribution in [0.1, 0.15) is 34.3 Å². The Labute approximate surface area is 152 Å². The lowest BCUT2D eigenvalue weighted by molar-refractivity contribution is -0.137. The van der Waals surface area contributed by atoms with E-state index < -0.39 is 6.04 Å². The molecule has 0 fully saturated rings. The number of carbonyl (C=O) groups excluding carboxylic acids is 3. The molecule has 1 heterocycles. The van der Waals surface area contributed by atoms with Gasteiger partial charge in [0.15, 0.2) is 5.78 Å². The van der Waals surface area contributed by atoms with Crippen LogP contribution in [0.5, 0.6) is 5.75 Å². The predicted octanol–water partition coefficient (Wildman–Crippen LogP) is 2.81. The van der Waals surface area contributed by atoms with Crippen LogP contribution < -0.4 is 4.74 Å². The van der Waals surface area contributed by atoms with Crippen molar-refractivity contribution < 1.29 is 19.1 Å². The first-order valence-electron chi connectivity index (χ1n) is 8.61. The Hall–Kier alpha value is -2.95. The number of amides is 1. The molecule has 0 spiro atoms. The highest BCUT2D eigenvalue weighted by atomic mass is 16.5. The molecule has 3 rings (SSSR count). The van der Waals surface area contributed by atoms with E-state index in [-0.39, 0.29) is 24.5 Å². The zero-order chi connectivity index (χ0) is 18.5. The van der Waals surface area contributed by atoms with E-state index in [1.54, 1.807) is 36.3 Å². The third-order valence-corrected chi connectivity index (χ3v) is 4.74. The minimum absolute atomic E-state index is 0.0946. The maximum atomic E-state index is 12.6. The smallest absolute Gasteiger partial charge is 0.223 e. The molecule has 0 aliphatic carbocycles. The van der Waals surface area contributed by atoms with Crippen LogP contribution in [0.3, 0.4) is 0 Å². The van der Waals surface area contributed by atoms with E-state index in [2.05, 4.69) is 0 Å². The van der Waals surface area contributed by atoms with Gasteiger partial charge in [0.1, 0.15) is 12.0 Å². The van der Waals surface area contributed by atoms with Crippen LogP contribution in [0.25, 0.3) is 0 Å². The molecule has 0 saturated carbocycles. The number of aldehydes is 1. The lowest BCUT2D eigenvalue weighted by atomic mass is 9.94. The number of ketones is 1. The highest BCUT2D eigenvalue weighted by Crippen LogP contribution is 2.23. The molecule has 0 saturated heterocycles. The van der Waals surface area contributed by atoms with Gasteiger partial charge in [0.2, 0.25) is 5.91 Å². The van der Waals surface area contributed by atoms with Crippen LogP contribution in [0.4, 0.5) is 0 Å². The monoisotopic (exact) mass is 351 g/mol. The number of benzene rings is 2. The molecule has 1 atom stereocenters. The summed E-state index contributed by atoms with van der Waals surface area (Å²) in [5, 5.41) is 0. The summed E-state index contributed by atoms with van der Waals surface area (Å²) in [5.41, 5.74) is 2.71. The van der Waals surface area contributed by atoms with E-state index in [4.69, 9.17) is 4.74 Å². The van der Waals surface area contributed by atoms with Crippen molar-refractivity contribution in [2.75, 3.05) is 7.11 Å². The topological polar surface area (TPSA) is 63.7 Å². The molecule has 1 aliphatic rings. The second-order valence-corrected chi connectivity index (χ2v) is 6.35. The molecule has 0 N–H and O–H groups in total. The van der Waals surface area contributed by atoms with Crippen molar-refractivity contribution >= 4 is 18.0 Å². The number of carbonyl (C=O) groups is 3. The van der Waals surface area contributed by atoms with E-state index in [1.807, 2.05) is 24.3 Å². The number of methoxy groups -OCH3 is 1. The summed E-state index contributed by atoms with van der Waals surface area (Å²) in [7, 11) is 1.57. The largest absolute Gasteiger partial charge is 0.497 e. The Balaban J connectivity index is 1.63. The maximum Gasteiger partial charge on any atom is 0.223 e. The second kappa shape index (κ2) is 7.95. The molecule has 2 aromatic rings. The first-order chi connectivity index (χ1) is 12.6. The quantitative estimate of drug-likeness (QED) is 0.593. The molecule has 5 heteroatoms. The molecule has 0 bridgehead atoms. The second-order valence-electron chi connectivity index (χ2n) is 6.35. The fraction of sp³-hybridized carbons (Fsp3) is 0.286. The van der Waals surface area contributed by atoms with Crippen molar-refractivity contribution in [2.24, 2.45) is 0 Å². The Morgan fingerprint density at radius 2 is 1.77 bits per heavy atom. The van der Waals surface area contributed by atoms with Gasteiger partial charge >= 0.3 is 0 Å². The number of nitrogens with zero attached hydrogens (tertiary/aromatic N) is 1. The number of hydrogen-bond acceptors (Lipinski definition) is 4. The van der Waals surface area contributed by atoms with E-state index in [9.17, 15) is 14.4 Å². The van der Waals surface area contributed by atoms with Gasteiger partial charge in [-0.15, -0.1) is 0 Å². The van der Waals surface area contributed by atoms with E-state index in [0.29, 0.717) is 24.3 Å². The van der Waals surface area contributed by atoms with Crippen molar-refractivity contribution in [1.82, 2.24) is 4.90 Å². The molecule has 0 unspecified atom stereocenters. The standard InChI is InChI=1S/C21H21NO4/c1-26-19-8-6-15(7-9-19)20(24)10-11-21(25)22-13-17-5-3-2-4-16(17)12-18(22)14-23/h2-9,14,18H,10-13H2,1H3/t18-/m0/s1. The van der Waals surface area contributed by atoms with Crippen molar-refractivity contribution in [3.05, 3.63) is 65.2 Å². The van der Waals surface area contributed by atoms with Gasteiger partial charge in [-0.1, -0.05) is 24.3 Å². The minimum atomic E-state index is -0.464. The summed E-state index contributed by atoms with van der Waals surface area (Å²) in [4.78, 5) is 37.9. The normalized spacial score (nSPS) is 15.9. The van der Waals surface area contributed by atoms with Crippen LogP contribution in [0.2, 0.25) is 0 Å². The summed E-state index contributed by atoms with van der Waals surface area (Å²) >= 11 is 0. The highest BCUT2D eigenvalue weighted by Gasteiger charge is 2.29. The van der Waals surface area contributed by atoms with Gasteiger partial charge < -0.3 is 14.4 Å². The average Bonchev–Trinajstić information content (AvgIpc) is 2.70. The first-order valence-corrected chi connectivity index (χ1v) is 8.61. The Kier molecular flexibility index (Phi) is 5.46. The molecular weight excluding hydrogens is 330 g/mol. The van der Waals surface area contributed by atoms with Gasteiger partial charge in [0, 0.05) is 31.4 Å². The number of rotatable bonds is 6. The molecule has 26 heavy (non-hydrogen) atoms. The van der Waals surface area contributed by atoms with Crippen LogP contribution in [-0.2, 0) is 22.6 Å². The van der Waals surface area contributed by atoms with Gasteiger partial charge in [-0.2, -0.15) is 0 Å². The van der Waals surface area contributed by atoms with Gasteiger partial charge in [0.05, 0.1) is 13.2 Å². The molecule has 2 aromatic carbocycles. The highest BCUT2D eigenvalue weighted by molar-refractivity contribution is 5.98. The third-order valence-electron chi connectivity index (χ3n) is 4.74. The van der Waals surface area contributed by atoms with Crippen LogP contribution in [-0.4, -0.2) is 36.0 Å². The third kappa shape index (κ3) is 3.82. The number of fused-ring (bicyclic) bond motifs is 1. The van der Waals surface area contributed by atoms with E-state index in [0.717, 1.165) is 17.4 Å². The van der Waals surface area contributed by atoms with Gasteiger partial charge in [0.25, 0.3) is 0 Å². The van der Waals surface area contributed by atoms with Crippen molar-refractivity contribution in [3.8, 4) is 5.75 Å². The molecule has 5 nitrogen and oxygen atoms in total. The predicted molar refractivity (Wildman–Crippen MR) is 97.1 cm³/mol. The zero-order valence-electron chi connectivity index (χ0n) is 14.7. The molecule has 1 amide bonds. The number of Topliss-reactive ketones (excluding diaryl/α,β-unsaturated/α-hetero) is 1. The van der Waals surface area contributed by atoms with Crippen LogP contribution in [0, 0.1) is 0 Å². The maximum absolute atomic E-state index is 12.6. The summed E-state index contributed by atoms with van der Waals surface area (Å²) in [6, 6.07) is 14.2. The lowest BCUT2D eigenvalue weighted by Gasteiger charge is -2.34. The number of hydrogen-bond donors (Lipinski definition) is 0. The van der Waals surface area contributed by atoms with Gasteiger partial charge in [-0.05, 0) is 35.4 Å². The van der Waals surface area contributed by atoms with E-state index in [1.165, 1.54) is 0 Å². The summed E-state index contributed by atoms with van der Waals surface area (Å²) in [6.07, 6.45) is 1.56. The average molecular weight is 351 g/mol. The molecule has 1 aliphatic heterocycles. The van der Waals surface area contributed by atoms with Crippen molar-refractivity contribution in [3.63, 3.8) is 0 Å². The Morgan fingerprint density at radius 3 is 2.42 bits per heavy atom. The van der Waals surface area contributed by atoms with Gasteiger partial charge in [-0.3, -0.25) is 9.59 Å². The first kappa shape index (κ1) is 17.9. The molecule has 0 aromatic heterocycles. The molecule has 134 valence electrons. The summed E-state index contributed by atoms with van der Waals surface area (Å²) < 4.78 is 5.07. The molecular formula is C21H21NO4. The van der Waals surface area contributed by atoms with Crippen molar-refractivity contribution in [2.45, 2.75) is 31.8 Å². The fourth-order valence-corrected chi connectivity index (χ4v) is 3.23. The minimum Gasteiger partial charge on any atom is -0.497 e. The zero-order valence-corrected chi connectivity index (χ0v) is 14.7. The lowest BCUT2D eigenvalue weighted by Crippen LogP contribution is -2.45. The van der Waals surface area contributed by atoms with E-state index >= 15 is 0 Å². The number of ether oxygens (including phenoxy) is 1. The summed E-state index contributed by atoms with van der Waals surface area (Å²) in [6.45, 7) is 0.412. The molecule has 0 radical (unpaired) electrons. The Morgan fingerprint density at radius 1 is 1.08 bits per heavy atom. The van der Waals surface area contributed by atoms with Crippen LogP contribution >= 0.6 is 0 Å².